The van der Waals surface area contributed by atoms with E-state index in [4.69, 9.17) is 4.74 Å². The molecule has 4 rings (SSSR count). The van der Waals surface area contributed by atoms with E-state index in [-0.39, 0.29) is 6.04 Å². The lowest BCUT2D eigenvalue weighted by Crippen LogP contribution is -2.38. The number of nitrogens with zero attached hydrogens (tertiary/aromatic N) is 3. The first-order valence-electron chi connectivity index (χ1n) is 9.94. The summed E-state index contributed by atoms with van der Waals surface area (Å²) in [6.45, 7) is 6.49. The first-order valence-corrected chi connectivity index (χ1v) is 9.94. The first-order chi connectivity index (χ1) is 12.2. The van der Waals surface area contributed by atoms with Crippen molar-refractivity contribution in [1.82, 2.24) is 20.8 Å². The molecule has 1 saturated carbocycles. The summed E-state index contributed by atoms with van der Waals surface area (Å²) in [5, 5.41) is 0. The van der Waals surface area contributed by atoms with Crippen molar-refractivity contribution in [3.05, 3.63) is 18.1 Å². The maximum atomic E-state index is 6.11. The summed E-state index contributed by atoms with van der Waals surface area (Å²) in [5.41, 5.74) is 8.12. The van der Waals surface area contributed by atoms with Gasteiger partial charge in [-0.15, -0.1) is 0 Å². The van der Waals surface area contributed by atoms with Gasteiger partial charge in [0, 0.05) is 31.1 Å². The normalized spacial score (nSPS) is 32.8. The van der Waals surface area contributed by atoms with E-state index < -0.39 is 0 Å². The van der Waals surface area contributed by atoms with E-state index in [9.17, 15) is 0 Å². The molecule has 1 aromatic rings. The van der Waals surface area contributed by atoms with Crippen LogP contribution in [-0.4, -0.2) is 41.3 Å². The molecule has 0 aromatic carbocycles. The lowest BCUT2D eigenvalue weighted by atomic mass is 9.79. The van der Waals surface area contributed by atoms with Crippen LogP contribution < -0.4 is 15.8 Å². The number of piperidine rings is 1. The third-order valence-corrected chi connectivity index (χ3v) is 5.84. The monoisotopic (exact) mass is 345 g/mol. The molecule has 6 nitrogen and oxygen atoms in total. The number of hydrogen-bond acceptors (Lipinski definition) is 6. The van der Waals surface area contributed by atoms with Gasteiger partial charge in [-0.25, -0.2) is 15.4 Å². The van der Waals surface area contributed by atoms with E-state index in [2.05, 4.69) is 45.6 Å². The van der Waals surface area contributed by atoms with Gasteiger partial charge in [-0.3, -0.25) is 5.43 Å². The van der Waals surface area contributed by atoms with Gasteiger partial charge >= 0.3 is 0 Å². The molecule has 3 heterocycles. The standard InChI is InChI=1S/C19H31N5O/c1-13(2)25-14-6-7-16-15(10-14)19(23-22-16)17-11-18(21-12-20-17)24-8-4-3-5-9-24/h11-16,19,22-23H,3-10H2,1-2H3. The molecule has 4 unspecified atom stereocenters. The Kier molecular flexibility index (Phi) is 5.20. The number of nitrogens with one attached hydrogen (secondary N) is 2. The first kappa shape index (κ1) is 17.2. The molecule has 6 heteroatoms. The van der Waals surface area contributed by atoms with Crippen LogP contribution in [0.4, 0.5) is 5.82 Å². The topological polar surface area (TPSA) is 62.3 Å². The van der Waals surface area contributed by atoms with Gasteiger partial charge in [-0.2, -0.15) is 0 Å². The van der Waals surface area contributed by atoms with Crippen LogP contribution >= 0.6 is 0 Å². The van der Waals surface area contributed by atoms with Crippen LogP contribution in [0, 0.1) is 5.92 Å². The van der Waals surface area contributed by atoms with Crippen molar-refractivity contribution in [2.45, 2.75) is 76.7 Å². The van der Waals surface area contributed by atoms with Crippen molar-refractivity contribution < 1.29 is 4.74 Å². The molecule has 0 spiro atoms. The molecule has 2 aliphatic heterocycles. The highest BCUT2D eigenvalue weighted by atomic mass is 16.5. The van der Waals surface area contributed by atoms with Gasteiger partial charge in [0.1, 0.15) is 12.1 Å². The summed E-state index contributed by atoms with van der Waals surface area (Å²) in [5.74, 6) is 1.61. The number of aromatic nitrogens is 2. The fraction of sp³-hybridized carbons (Fsp3) is 0.789. The molecular weight excluding hydrogens is 314 g/mol. The van der Waals surface area contributed by atoms with Crippen LogP contribution in [0.1, 0.15) is 64.1 Å². The Morgan fingerprint density at radius 2 is 1.96 bits per heavy atom. The van der Waals surface area contributed by atoms with Crippen molar-refractivity contribution in [2.24, 2.45) is 5.92 Å². The van der Waals surface area contributed by atoms with Crippen molar-refractivity contribution in [3.8, 4) is 0 Å². The molecule has 3 aliphatic rings. The fourth-order valence-corrected chi connectivity index (χ4v) is 4.65. The zero-order chi connectivity index (χ0) is 17.2. The summed E-state index contributed by atoms with van der Waals surface area (Å²) < 4.78 is 6.11. The second kappa shape index (κ2) is 7.56. The predicted molar refractivity (Wildman–Crippen MR) is 98.2 cm³/mol. The van der Waals surface area contributed by atoms with Gasteiger partial charge in [0.2, 0.25) is 0 Å². The van der Waals surface area contributed by atoms with Gasteiger partial charge in [-0.05, 0) is 52.4 Å². The van der Waals surface area contributed by atoms with E-state index in [1.165, 1.54) is 19.3 Å². The van der Waals surface area contributed by atoms with E-state index in [0.29, 0.717) is 24.2 Å². The van der Waals surface area contributed by atoms with Gasteiger partial charge < -0.3 is 9.64 Å². The molecular formula is C19H31N5O. The number of hydrogen-bond donors (Lipinski definition) is 2. The van der Waals surface area contributed by atoms with Crippen LogP contribution in [0.15, 0.2) is 12.4 Å². The minimum atomic E-state index is 0.245. The van der Waals surface area contributed by atoms with Crippen LogP contribution in [-0.2, 0) is 4.74 Å². The average molecular weight is 345 g/mol. The number of ether oxygens (including phenoxy) is 1. The van der Waals surface area contributed by atoms with Crippen molar-refractivity contribution in [1.29, 1.82) is 0 Å². The highest BCUT2D eigenvalue weighted by Gasteiger charge is 2.42. The highest BCUT2D eigenvalue weighted by Crippen LogP contribution is 2.39. The number of hydrazine groups is 1. The molecule has 3 fully saturated rings. The molecule has 0 bridgehead atoms. The van der Waals surface area contributed by atoms with Crippen molar-refractivity contribution in [3.63, 3.8) is 0 Å². The van der Waals surface area contributed by atoms with Crippen molar-refractivity contribution >= 4 is 5.82 Å². The average Bonchev–Trinajstić information content (AvgIpc) is 3.05. The summed E-state index contributed by atoms with van der Waals surface area (Å²) in [7, 11) is 0. The number of anilines is 1. The highest BCUT2D eigenvalue weighted by molar-refractivity contribution is 5.40. The Balaban J connectivity index is 1.49. The zero-order valence-electron chi connectivity index (χ0n) is 15.4. The van der Waals surface area contributed by atoms with Crippen molar-refractivity contribution in [2.75, 3.05) is 18.0 Å². The molecule has 25 heavy (non-hydrogen) atoms. The third kappa shape index (κ3) is 3.81. The van der Waals surface area contributed by atoms with Crippen LogP contribution in [0.2, 0.25) is 0 Å². The number of fused-ring (bicyclic) bond motifs is 1. The minimum Gasteiger partial charge on any atom is -0.376 e. The maximum absolute atomic E-state index is 6.11. The Hall–Kier alpha value is -1.24. The molecule has 138 valence electrons. The Bertz CT molecular complexity index is 575. The molecule has 0 radical (unpaired) electrons. The fourth-order valence-electron chi connectivity index (χ4n) is 4.65. The predicted octanol–water partition coefficient (Wildman–Crippen LogP) is 2.58. The molecule has 1 aromatic heterocycles. The smallest absolute Gasteiger partial charge is 0.132 e. The van der Waals surface area contributed by atoms with Gasteiger partial charge in [-0.1, -0.05) is 0 Å². The minimum absolute atomic E-state index is 0.245. The largest absolute Gasteiger partial charge is 0.376 e. The Morgan fingerprint density at radius 3 is 2.76 bits per heavy atom. The second-order valence-electron chi connectivity index (χ2n) is 8.01. The second-order valence-corrected chi connectivity index (χ2v) is 8.01. The third-order valence-electron chi connectivity index (χ3n) is 5.84. The zero-order valence-corrected chi connectivity index (χ0v) is 15.4. The SMILES string of the molecule is CC(C)OC1CCC2NNC(c3cc(N4CCCCC4)ncn3)C2C1. The van der Waals surface area contributed by atoms with E-state index in [1.54, 1.807) is 6.33 Å². The van der Waals surface area contributed by atoms with E-state index in [0.717, 1.165) is 43.9 Å². The van der Waals surface area contributed by atoms with Crippen LogP contribution in [0.25, 0.3) is 0 Å². The maximum Gasteiger partial charge on any atom is 0.132 e. The lowest BCUT2D eigenvalue weighted by molar-refractivity contribution is -0.0276. The van der Waals surface area contributed by atoms with E-state index >= 15 is 0 Å². The Morgan fingerprint density at radius 1 is 1.12 bits per heavy atom. The lowest BCUT2D eigenvalue weighted by Gasteiger charge is -2.34. The summed E-state index contributed by atoms with van der Waals surface area (Å²) in [6, 6.07) is 2.96. The van der Waals surface area contributed by atoms with Crippen LogP contribution in [0.5, 0.6) is 0 Å². The molecule has 1 aliphatic carbocycles. The molecule has 0 amide bonds. The number of rotatable bonds is 4. The quantitative estimate of drug-likeness (QED) is 0.875. The molecule has 2 saturated heterocycles. The molecule has 2 N–H and O–H groups in total. The molecule has 4 atom stereocenters. The Labute approximate surface area is 150 Å². The van der Waals surface area contributed by atoms with Gasteiger partial charge in [0.05, 0.1) is 23.9 Å². The van der Waals surface area contributed by atoms with E-state index in [1.807, 2.05) is 0 Å². The van der Waals surface area contributed by atoms with Gasteiger partial charge in [0.25, 0.3) is 0 Å². The van der Waals surface area contributed by atoms with Crippen LogP contribution in [0.3, 0.4) is 0 Å². The summed E-state index contributed by atoms with van der Waals surface area (Å²) in [4.78, 5) is 11.5. The summed E-state index contributed by atoms with van der Waals surface area (Å²) in [6.07, 6.45) is 9.67. The summed E-state index contributed by atoms with van der Waals surface area (Å²) >= 11 is 0. The van der Waals surface area contributed by atoms with Gasteiger partial charge in [0.15, 0.2) is 0 Å².